The summed E-state index contributed by atoms with van der Waals surface area (Å²) in [5.74, 6) is 1.06. The van der Waals surface area contributed by atoms with Gasteiger partial charge >= 0.3 is 0 Å². The van der Waals surface area contributed by atoms with Crippen LogP contribution in [0, 0.1) is 5.92 Å². The summed E-state index contributed by atoms with van der Waals surface area (Å²) in [6, 6.07) is 7.54. The Morgan fingerprint density at radius 3 is 2.25 bits per heavy atom. The van der Waals surface area contributed by atoms with Crippen LogP contribution >= 0.6 is 6.64 Å². The number of methoxy groups -OCH3 is 2. The molecule has 0 radical (unpaired) electrons. The molecule has 28 heavy (non-hydrogen) atoms. The van der Waals surface area contributed by atoms with Crippen LogP contribution in [0.5, 0.6) is 5.75 Å². The fourth-order valence-corrected chi connectivity index (χ4v) is 4.56. The van der Waals surface area contributed by atoms with Crippen molar-refractivity contribution in [1.82, 2.24) is 5.09 Å². The van der Waals surface area contributed by atoms with E-state index in [1.54, 1.807) is 14.2 Å². The summed E-state index contributed by atoms with van der Waals surface area (Å²) in [4.78, 5) is 0. The molecule has 0 aliphatic heterocycles. The van der Waals surface area contributed by atoms with Gasteiger partial charge in [-0.1, -0.05) is 19.1 Å². The monoisotopic (exact) mass is 435 g/mol. The fraction of sp³-hybridized carbons (Fsp3) is 0.684. The van der Waals surface area contributed by atoms with Crippen LogP contribution in [0.15, 0.2) is 24.3 Å². The van der Waals surface area contributed by atoms with Gasteiger partial charge in [0.15, 0.2) is 6.29 Å². The van der Waals surface area contributed by atoms with Gasteiger partial charge < -0.3 is 28.0 Å². The quantitative estimate of drug-likeness (QED) is 0.238. The summed E-state index contributed by atoms with van der Waals surface area (Å²) in [6.45, 7) is 6.71. The third-order valence-corrected chi connectivity index (χ3v) is 6.44. The molecule has 1 rings (SSSR count). The van der Waals surface area contributed by atoms with Crippen molar-refractivity contribution in [3.8, 4) is 5.75 Å². The summed E-state index contributed by atoms with van der Waals surface area (Å²) in [5, 5.41) is 3.26. The zero-order chi connectivity index (χ0) is 20.8. The first-order valence-electron chi connectivity index (χ1n) is 9.48. The number of hydrogen-bond donors (Lipinski definition) is 1. The average Bonchev–Trinajstić information content (AvgIpc) is 2.70. The van der Waals surface area contributed by atoms with E-state index in [1.165, 1.54) is 0 Å². The standard InChI is InChI=1S/C19H34NO6PS/c1-6-23-15-16(3)14-20-27(28,25-7-2)26-13-12-24-18-10-8-17(9-11-18)19(21-4)22-5/h8-11,16,19H,6-7,12-15H2,1-5H3,(H,20,28). The maximum atomic E-state index is 5.83. The Kier molecular flexibility index (Phi) is 13.1. The lowest BCUT2D eigenvalue weighted by Crippen LogP contribution is -2.24. The Labute approximate surface area is 174 Å². The smallest absolute Gasteiger partial charge is 0.261 e. The highest BCUT2D eigenvalue weighted by Gasteiger charge is 2.19. The molecule has 0 spiro atoms. The molecule has 7 nitrogen and oxygen atoms in total. The normalized spacial score (nSPS) is 14.8. The van der Waals surface area contributed by atoms with Gasteiger partial charge in [0.2, 0.25) is 0 Å². The summed E-state index contributed by atoms with van der Waals surface area (Å²) in [6.07, 6.45) is -0.384. The van der Waals surface area contributed by atoms with Crippen molar-refractivity contribution in [3.05, 3.63) is 29.8 Å². The van der Waals surface area contributed by atoms with Gasteiger partial charge in [0.25, 0.3) is 6.64 Å². The highest BCUT2D eigenvalue weighted by molar-refractivity contribution is 8.08. The topological polar surface area (TPSA) is 67.4 Å². The molecular weight excluding hydrogens is 401 g/mol. The van der Waals surface area contributed by atoms with Gasteiger partial charge in [0.1, 0.15) is 12.4 Å². The van der Waals surface area contributed by atoms with E-state index in [4.69, 9.17) is 39.8 Å². The van der Waals surface area contributed by atoms with Crippen LogP contribution in [-0.2, 0) is 35.1 Å². The van der Waals surface area contributed by atoms with E-state index >= 15 is 0 Å². The zero-order valence-corrected chi connectivity index (χ0v) is 19.2. The first-order chi connectivity index (χ1) is 13.5. The Balaban J connectivity index is 2.42. The van der Waals surface area contributed by atoms with E-state index in [0.717, 1.165) is 11.3 Å². The van der Waals surface area contributed by atoms with Crippen LogP contribution < -0.4 is 9.82 Å². The predicted molar refractivity (Wildman–Crippen MR) is 114 cm³/mol. The summed E-state index contributed by atoms with van der Waals surface area (Å²) in [5.41, 5.74) is 0.922. The molecule has 0 saturated heterocycles. The van der Waals surface area contributed by atoms with Crippen LogP contribution in [0.2, 0.25) is 0 Å². The second kappa shape index (κ2) is 14.4. The van der Waals surface area contributed by atoms with E-state index in [-0.39, 0.29) is 6.29 Å². The highest BCUT2D eigenvalue weighted by atomic mass is 32.5. The molecule has 162 valence electrons. The van der Waals surface area contributed by atoms with E-state index < -0.39 is 6.64 Å². The van der Waals surface area contributed by atoms with Gasteiger partial charge in [-0.3, -0.25) is 0 Å². The number of rotatable bonds is 16. The predicted octanol–water partition coefficient (Wildman–Crippen LogP) is 3.90. The molecule has 1 N–H and O–H groups in total. The van der Waals surface area contributed by atoms with Crippen LogP contribution in [-0.4, -0.2) is 53.8 Å². The van der Waals surface area contributed by atoms with Crippen LogP contribution in [0.1, 0.15) is 32.6 Å². The molecule has 0 amide bonds. The van der Waals surface area contributed by atoms with Crippen LogP contribution in [0.4, 0.5) is 0 Å². The number of nitrogens with one attached hydrogen (secondary N) is 1. The Morgan fingerprint density at radius 2 is 1.68 bits per heavy atom. The van der Waals surface area contributed by atoms with Crippen molar-refractivity contribution in [1.29, 1.82) is 0 Å². The molecule has 0 aliphatic rings. The lowest BCUT2D eigenvalue weighted by atomic mass is 10.2. The van der Waals surface area contributed by atoms with Gasteiger partial charge in [-0.15, -0.1) is 0 Å². The summed E-state index contributed by atoms with van der Waals surface area (Å²) >= 11 is 5.57. The molecule has 1 aromatic carbocycles. The molecule has 0 aromatic heterocycles. The Morgan fingerprint density at radius 1 is 1.00 bits per heavy atom. The van der Waals surface area contributed by atoms with Gasteiger partial charge in [-0.2, -0.15) is 0 Å². The molecule has 2 unspecified atom stereocenters. The van der Waals surface area contributed by atoms with Crippen molar-refractivity contribution in [2.24, 2.45) is 5.92 Å². The minimum absolute atomic E-state index is 0.323. The first kappa shape index (κ1) is 25.5. The van der Waals surface area contributed by atoms with Crippen molar-refractivity contribution >= 4 is 18.4 Å². The van der Waals surface area contributed by atoms with Crippen LogP contribution in [0.25, 0.3) is 0 Å². The molecule has 0 fully saturated rings. The third-order valence-electron chi connectivity index (χ3n) is 3.73. The fourth-order valence-electron chi connectivity index (χ4n) is 2.35. The number of ether oxygens (including phenoxy) is 4. The maximum Gasteiger partial charge on any atom is 0.261 e. The summed E-state index contributed by atoms with van der Waals surface area (Å²) in [7, 11) is 3.20. The van der Waals surface area contributed by atoms with E-state index in [0.29, 0.717) is 45.5 Å². The molecule has 9 heteroatoms. The SMILES string of the molecule is CCOCC(C)CNP(=S)(OCC)OCCOc1ccc(C(OC)OC)cc1. The number of benzene rings is 1. The zero-order valence-electron chi connectivity index (χ0n) is 17.5. The second-order valence-electron chi connectivity index (χ2n) is 6.10. The first-order valence-corrected chi connectivity index (χ1v) is 12.1. The van der Waals surface area contributed by atoms with E-state index in [1.807, 2.05) is 38.1 Å². The van der Waals surface area contributed by atoms with E-state index in [9.17, 15) is 0 Å². The van der Waals surface area contributed by atoms with Gasteiger partial charge in [-0.05, 0) is 43.7 Å². The molecule has 1 aromatic rings. The summed E-state index contributed by atoms with van der Waals surface area (Å²) < 4.78 is 33.1. The lowest BCUT2D eigenvalue weighted by molar-refractivity contribution is -0.106. The molecule has 0 aliphatic carbocycles. The largest absolute Gasteiger partial charge is 0.491 e. The minimum atomic E-state index is -2.54. The highest BCUT2D eigenvalue weighted by Crippen LogP contribution is 2.43. The number of hydrogen-bond acceptors (Lipinski definition) is 7. The van der Waals surface area contributed by atoms with Crippen molar-refractivity contribution in [2.45, 2.75) is 27.1 Å². The van der Waals surface area contributed by atoms with Gasteiger partial charge in [0.05, 0.1) is 19.8 Å². The molecule has 0 bridgehead atoms. The Bertz CT molecular complexity index is 570. The van der Waals surface area contributed by atoms with Gasteiger partial charge in [-0.25, -0.2) is 5.09 Å². The molecule has 0 heterocycles. The van der Waals surface area contributed by atoms with Crippen molar-refractivity contribution < 1.29 is 28.0 Å². The maximum absolute atomic E-state index is 5.83. The van der Waals surface area contributed by atoms with Crippen molar-refractivity contribution in [2.75, 3.05) is 53.8 Å². The average molecular weight is 436 g/mol. The molecule has 2 atom stereocenters. The second-order valence-corrected chi connectivity index (χ2v) is 9.37. The lowest BCUT2D eigenvalue weighted by Gasteiger charge is -2.24. The minimum Gasteiger partial charge on any atom is -0.491 e. The third kappa shape index (κ3) is 9.76. The van der Waals surface area contributed by atoms with Crippen molar-refractivity contribution in [3.63, 3.8) is 0 Å². The molecule has 0 saturated carbocycles. The van der Waals surface area contributed by atoms with Gasteiger partial charge in [0, 0.05) is 32.9 Å². The Hall–Kier alpha value is -0.570. The van der Waals surface area contributed by atoms with Crippen LogP contribution in [0.3, 0.4) is 0 Å². The van der Waals surface area contributed by atoms with E-state index in [2.05, 4.69) is 12.0 Å². The molecular formula is C19H34NO6PS.